The molecule has 1 fully saturated rings. The van der Waals surface area contributed by atoms with Crippen molar-refractivity contribution < 1.29 is 5.11 Å². The van der Waals surface area contributed by atoms with E-state index in [4.69, 9.17) is 0 Å². The van der Waals surface area contributed by atoms with Gasteiger partial charge in [0.25, 0.3) is 0 Å². The summed E-state index contributed by atoms with van der Waals surface area (Å²) in [5.74, 6) is 2.57. The second kappa shape index (κ2) is 9.12. The van der Waals surface area contributed by atoms with Crippen LogP contribution in [0, 0.1) is 13.8 Å². The van der Waals surface area contributed by atoms with E-state index in [-0.39, 0.29) is 24.0 Å². The third-order valence-electron chi connectivity index (χ3n) is 4.07. The smallest absolute Gasteiger partial charge is 0.191 e. The molecule has 3 N–H and O–H groups in total. The van der Waals surface area contributed by atoms with Gasteiger partial charge in [0.15, 0.2) is 5.96 Å². The Hall–Kier alpha value is -0.480. The average Bonchev–Trinajstić information content (AvgIpc) is 3.00. The quantitative estimate of drug-likeness (QED) is 0.359. The van der Waals surface area contributed by atoms with Gasteiger partial charge >= 0.3 is 0 Å². The van der Waals surface area contributed by atoms with Crippen LogP contribution in [0.1, 0.15) is 30.3 Å². The fraction of sp³-hybridized carbons (Fsp3) is 0.733. The molecule has 1 unspecified atom stereocenters. The molecule has 8 heteroatoms. The Morgan fingerprint density at radius 3 is 2.70 bits per heavy atom. The highest BCUT2D eigenvalue weighted by atomic mass is 127. The van der Waals surface area contributed by atoms with E-state index in [0.717, 1.165) is 47.4 Å². The number of hydrogen-bond donors (Lipinski definition) is 3. The highest BCUT2D eigenvalue weighted by Crippen LogP contribution is 2.26. The molecule has 0 bridgehead atoms. The summed E-state index contributed by atoms with van der Waals surface area (Å²) < 4.78 is 1.89. The molecule has 2 heterocycles. The van der Waals surface area contributed by atoms with Crippen molar-refractivity contribution in [3.05, 3.63) is 17.0 Å². The van der Waals surface area contributed by atoms with E-state index in [2.05, 4.69) is 27.6 Å². The first-order chi connectivity index (χ1) is 10.4. The van der Waals surface area contributed by atoms with Crippen LogP contribution < -0.4 is 10.6 Å². The van der Waals surface area contributed by atoms with E-state index in [1.54, 1.807) is 11.8 Å². The SMILES string of the molecule is CCNC(=NCc1c(C)nn(C)c1C)NCC1(O)CCSC1.I. The van der Waals surface area contributed by atoms with E-state index >= 15 is 0 Å². The molecule has 132 valence electrons. The Labute approximate surface area is 159 Å². The summed E-state index contributed by atoms with van der Waals surface area (Å²) in [7, 11) is 1.95. The Kier molecular flexibility index (Phi) is 8.15. The van der Waals surface area contributed by atoms with Gasteiger partial charge in [-0.25, -0.2) is 4.99 Å². The third-order valence-corrected chi connectivity index (χ3v) is 5.30. The Balaban J connectivity index is 0.00000264. The number of rotatable bonds is 5. The van der Waals surface area contributed by atoms with Gasteiger partial charge in [0.05, 0.1) is 17.8 Å². The second-order valence-corrected chi connectivity index (χ2v) is 6.95. The number of aromatic nitrogens is 2. The predicted octanol–water partition coefficient (Wildman–Crippen LogP) is 1.58. The van der Waals surface area contributed by atoms with E-state index in [9.17, 15) is 5.11 Å². The van der Waals surface area contributed by atoms with Gasteiger partial charge in [0.2, 0.25) is 0 Å². The molecule has 23 heavy (non-hydrogen) atoms. The van der Waals surface area contributed by atoms with Gasteiger partial charge in [0.1, 0.15) is 0 Å². The minimum Gasteiger partial charge on any atom is -0.387 e. The molecule has 1 aromatic rings. The van der Waals surface area contributed by atoms with E-state index in [1.807, 2.05) is 25.6 Å². The maximum Gasteiger partial charge on any atom is 0.191 e. The summed E-state index contributed by atoms with van der Waals surface area (Å²) >= 11 is 1.80. The molecule has 1 aliphatic rings. The zero-order chi connectivity index (χ0) is 16.2. The van der Waals surface area contributed by atoms with Gasteiger partial charge in [-0.1, -0.05) is 0 Å². The van der Waals surface area contributed by atoms with Crippen molar-refractivity contribution in [1.29, 1.82) is 0 Å². The number of hydrogen-bond acceptors (Lipinski definition) is 4. The third kappa shape index (κ3) is 5.53. The number of aliphatic hydroxyl groups is 1. The van der Waals surface area contributed by atoms with Crippen molar-refractivity contribution in [1.82, 2.24) is 20.4 Å². The van der Waals surface area contributed by atoms with E-state index < -0.39 is 5.60 Å². The Morgan fingerprint density at radius 1 is 1.43 bits per heavy atom. The molecule has 0 saturated carbocycles. The molecule has 1 atom stereocenters. The van der Waals surface area contributed by atoms with Crippen LogP contribution in [0.25, 0.3) is 0 Å². The van der Waals surface area contributed by atoms with Crippen molar-refractivity contribution in [2.75, 3.05) is 24.6 Å². The summed E-state index contributed by atoms with van der Waals surface area (Å²) in [5.41, 5.74) is 2.71. The van der Waals surface area contributed by atoms with Gasteiger partial charge in [-0.05, 0) is 32.9 Å². The molecule has 2 rings (SSSR count). The first kappa shape index (κ1) is 20.6. The first-order valence-corrected chi connectivity index (χ1v) is 8.92. The predicted molar refractivity (Wildman–Crippen MR) is 108 cm³/mol. The van der Waals surface area contributed by atoms with Crippen LogP contribution in [0.2, 0.25) is 0 Å². The van der Waals surface area contributed by atoms with Gasteiger partial charge < -0.3 is 15.7 Å². The minimum absolute atomic E-state index is 0. The molecule has 1 aromatic heterocycles. The number of nitrogens with zero attached hydrogens (tertiary/aromatic N) is 3. The van der Waals surface area contributed by atoms with Gasteiger partial charge in [-0.3, -0.25) is 4.68 Å². The highest BCUT2D eigenvalue weighted by molar-refractivity contribution is 14.0. The summed E-state index contributed by atoms with van der Waals surface area (Å²) in [6.45, 7) is 8.03. The molecular formula is C15H28IN5OS. The van der Waals surface area contributed by atoms with Crippen LogP contribution in [-0.2, 0) is 13.6 Å². The maximum absolute atomic E-state index is 10.4. The molecule has 0 aliphatic carbocycles. The summed E-state index contributed by atoms with van der Waals surface area (Å²) in [5, 5.41) is 21.3. The standard InChI is InChI=1S/C15H27N5OS.HI/c1-5-16-14(18-9-15(21)6-7-22-10-15)17-8-13-11(2)19-20(4)12(13)3;/h21H,5-10H2,1-4H3,(H2,16,17,18);1H. The van der Waals surface area contributed by atoms with Gasteiger partial charge in [0, 0.05) is 37.1 Å². The lowest BCUT2D eigenvalue weighted by atomic mass is 10.0. The number of thioether (sulfide) groups is 1. The van der Waals surface area contributed by atoms with Gasteiger partial charge in [-0.15, -0.1) is 24.0 Å². The van der Waals surface area contributed by atoms with Crippen LogP contribution >= 0.6 is 35.7 Å². The molecule has 1 saturated heterocycles. The first-order valence-electron chi connectivity index (χ1n) is 7.76. The highest BCUT2D eigenvalue weighted by Gasteiger charge is 2.31. The largest absolute Gasteiger partial charge is 0.387 e. The van der Waals surface area contributed by atoms with Crippen LogP contribution in [-0.4, -0.2) is 51.0 Å². The van der Waals surface area contributed by atoms with Crippen LogP contribution in [0.4, 0.5) is 0 Å². The number of nitrogens with one attached hydrogen (secondary N) is 2. The zero-order valence-corrected chi connectivity index (χ0v) is 17.5. The van der Waals surface area contributed by atoms with Crippen LogP contribution in [0.5, 0.6) is 0 Å². The van der Waals surface area contributed by atoms with Crippen molar-refractivity contribution in [2.45, 2.75) is 39.3 Å². The van der Waals surface area contributed by atoms with E-state index in [0.29, 0.717) is 13.1 Å². The molecular weight excluding hydrogens is 425 g/mol. The van der Waals surface area contributed by atoms with Crippen LogP contribution in [0.3, 0.4) is 0 Å². The fourth-order valence-electron chi connectivity index (χ4n) is 2.53. The Morgan fingerprint density at radius 2 is 2.17 bits per heavy atom. The van der Waals surface area contributed by atoms with Gasteiger partial charge in [-0.2, -0.15) is 16.9 Å². The van der Waals surface area contributed by atoms with Crippen molar-refractivity contribution in [2.24, 2.45) is 12.0 Å². The topological polar surface area (TPSA) is 74.5 Å². The lowest BCUT2D eigenvalue weighted by molar-refractivity contribution is 0.0724. The summed E-state index contributed by atoms with van der Waals surface area (Å²) in [6.07, 6.45) is 0.838. The van der Waals surface area contributed by atoms with E-state index in [1.165, 1.54) is 0 Å². The number of aryl methyl sites for hydroxylation is 2. The molecule has 0 amide bonds. The Bertz CT molecular complexity index is 540. The average molecular weight is 453 g/mol. The monoisotopic (exact) mass is 453 g/mol. The number of halogens is 1. The zero-order valence-electron chi connectivity index (χ0n) is 14.3. The number of aliphatic imine (C=N–C) groups is 1. The molecule has 6 nitrogen and oxygen atoms in total. The normalized spacial score (nSPS) is 21.2. The lowest BCUT2D eigenvalue weighted by Gasteiger charge is -2.23. The second-order valence-electron chi connectivity index (χ2n) is 5.85. The summed E-state index contributed by atoms with van der Waals surface area (Å²) in [4.78, 5) is 4.63. The molecule has 0 radical (unpaired) electrons. The van der Waals surface area contributed by atoms with Crippen molar-refractivity contribution in [3.8, 4) is 0 Å². The van der Waals surface area contributed by atoms with Crippen LogP contribution in [0.15, 0.2) is 4.99 Å². The minimum atomic E-state index is -0.610. The lowest BCUT2D eigenvalue weighted by Crippen LogP contribution is -2.47. The maximum atomic E-state index is 10.4. The molecule has 1 aliphatic heterocycles. The van der Waals surface area contributed by atoms with Crippen molar-refractivity contribution >= 4 is 41.7 Å². The molecule has 0 aromatic carbocycles. The molecule has 0 spiro atoms. The fourth-order valence-corrected chi connectivity index (χ4v) is 3.83. The summed E-state index contributed by atoms with van der Waals surface area (Å²) in [6, 6.07) is 0. The van der Waals surface area contributed by atoms with Crippen molar-refractivity contribution in [3.63, 3.8) is 0 Å². The number of guanidine groups is 1.